The lowest BCUT2D eigenvalue weighted by Crippen LogP contribution is -2.28. The van der Waals surface area contributed by atoms with Crippen molar-refractivity contribution in [1.29, 1.82) is 0 Å². The molecule has 28 heavy (non-hydrogen) atoms. The fraction of sp³-hybridized carbons (Fsp3) is 0.455. The lowest BCUT2D eigenvalue weighted by atomic mass is 10.0. The molecule has 1 heterocycles. The molecule has 1 fully saturated rings. The van der Waals surface area contributed by atoms with Gasteiger partial charge in [0.25, 0.3) is 11.5 Å². The van der Waals surface area contributed by atoms with Gasteiger partial charge in [-0.1, -0.05) is 30.9 Å². The molecule has 1 aromatic heterocycles. The number of hydrogen-bond donors (Lipinski definition) is 2. The van der Waals surface area contributed by atoms with Crippen LogP contribution in [-0.4, -0.2) is 16.1 Å². The second kappa shape index (κ2) is 9.19. The molecule has 0 saturated heterocycles. The molecular formula is C22H27ClN2O2S. The van der Waals surface area contributed by atoms with E-state index in [4.69, 9.17) is 11.6 Å². The zero-order valence-electron chi connectivity index (χ0n) is 16.7. The average molecular weight is 419 g/mol. The number of aromatic amines is 1. The number of hydrogen-bond acceptors (Lipinski definition) is 3. The molecule has 0 bridgehead atoms. The number of benzene rings is 1. The topological polar surface area (TPSA) is 62.0 Å². The summed E-state index contributed by atoms with van der Waals surface area (Å²) in [7, 11) is 0. The van der Waals surface area contributed by atoms with Gasteiger partial charge in [0.2, 0.25) is 0 Å². The summed E-state index contributed by atoms with van der Waals surface area (Å²) in [5.74, 6) is -0.204. The third-order valence-electron chi connectivity index (χ3n) is 5.33. The first-order chi connectivity index (χ1) is 13.3. The van der Waals surface area contributed by atoms with Gasteiger partial charge < -0.3 is 10.3 Å². The standard InChI is InChI=1S/C22H27ClN2O2S/c1-13-9-14(2)25-22(27)19(13)12-24-21(26)18-10-16(23)11-20(15(18)3)28-17-7-5-4-6-8-17/h9-11,17H,4-8,12H2,1-3H3,(H,24,26)(H,25,27). The van der Waals surface area contributed by atoms with Gasteiger partial charge in [-0.2, -0.15) is 0 Å². The fourth-order valence-electron chi connectivity index (χ4n) is 3.74. The summed E-state index contributed by atoms with van der Waals surface area (Å²) < 4.78 is 0. The Labute approximate surface area is 175 Å². The van der Waals surface area contributed by atoms with Crippen LogP contribution in [0, 0.1) is 20.8 Å². The largest absolute Gasteiger partial charge is 0.348 e. The maximum absolute atomic E-state index is 12.8. The van der Waals surface area contributed by atoms with E-state index >= 15 is 0 Å². The van der Waals surface area contributed by atoms with Crippen molar-refractivity contribution in [2.24, 2.45) is 0 Å². The second-order valence-electron chi connectivity index (χ2n) is 7.58. The minimum Gasteiger partial charge on any atom is -0.348 e. The van der Waals surface area contributed by atoms with Gasteiger partial charge in [0.15, 0.2) is 0 Å². The first kappa shape index (κ1) is 21.0. The smallest absolute Gasteiger partial charge is 0.253 e. The molecule has 150 valence electrons. The van der Waals surface area contributed by atoms with E-state index in [2.05, 4.69) is 10.3 Å². The van der Waals surface area contributed by atoms with Crippen LogP contribution in [0.4, 0.5) is 0 Å². The summed E-state index contributed by atoms with van der Waals surface area (Å²) >= 11 is 8.16. The quantitative estimate of drug-likeness (QED) is 0.691. The number of pyridine rings is 1. The Morgan fingerprint density at radius 2 is 1.89 bits per heavy atom. The number of halogens is 1. The second-order valence-corrected chi connectivity index (χ2v) is 9.36. The first-order valence-corrected chi connectivity index (χ1v) is 11.1. The van der Waals surface area contributed by atoms with Crippen molar-refractivity contribution in [3.8, 4) is 0 Å². The molecule has 0 atom stereocenters. The zero-order chi connectivity index (χ0) is 20.3. The SMILES string of the molecule is Cc1cc(C)c(CNC(=O)c2cc(Cl)cc(SC3CCCCC3)c2C)c(=O)[nH]1. The number of carbonyl (C=O) groups is 1. The number of nitrogens with one attached hydrogen (secondary N) is 2. The van der Waals surface area contributed by atoms with Crippen LogP contribution in [0.5, 0.6) is 0 Å². The number of aryl methyl sites for hydroxylation is 2. The van der Waals surface area contributed by atoms with Crippen LogP contribution in [-0.2, 0) is 6.54 Å². The predicted molar refractivity (Wildman–Crippen MR) is 117 cm³/mol. The molecule has 1 saturated carbocycles. The molecule has 3 rings (SSSR count). The van der Waals surface area contributed by atoms with Gasteiger partial charge in [0.1, 0.15) is 0 Å². The van der Waals surface area contributed by atoms with Crippen LogP contribution >= 0.6 is 23.4 Å². The molecule has 0 spiro atoms. The molecule has 1 aromatic carbocycles. The number of amides is 1. The number of aromatic nitrogens is 1. The van der Waals surface area contributed by atoms with Crippen LogP contribution in [0.2, 0.25) is 5.02 Å². The Bertz CT molecular complexity index is 933. The van der Waals surface area contributed by atoms with Gasteiger partial charge in [-0.05, 0) is 62.9 Å². The van der Waals surface area contributed by atoms with Crippen molar-refractivity contribution in [2.45, 2.75) is 69.6 Å². The molecule has 2 N–H and O–H groups in total. The highest BCUT2D eigenvalue weighted by molar-refractivity contribution is 8.00. The third kappa shape index (κ3) is 5.00. The Balaban J connectivity index is 1.77. The molecule has 0 unspecified atom stereocenters. The van der Waals surface area contributed by atoms with Crippen molar-refractivity contribution in [1.82, 2.24) is 10.3 Å². The van der Waals surface area contributed by atoms with E-state index < -0.39 is 0 Å². The molecule has 1 aliphatic rings. The van der Waals surface area contributed by atoms with E-state index in [9.17, 15) is 9.59 Å². The summed E-state index contributed by atoms with van der Waals surface area (Å²) in [6.07, 6.45) is 6.29. The van der Waals surface area contributed by atoms with Gasteiger partial charge in [-0.3, -0.25) is 9.59 Å². The van der Waals surface area contributed by atoms with Crippen molar-refractivity contribution in [3.05, 3.63) is 61.5 Å². The van der Waals surface area contributed by atoms with Crippen LogP contribution < -0.4 is 10.9 Å². The highest BCUT2D eigenvalue weighted by atomic mass is 35.5. The van der Waals surface area contributed by atoms with E-state index in [0.29, 0.717) is 21.4 Å². The minimum atomic E-state index is -0.204. The lowest BCUT2D eigenvalue weighted by Gasteiger charge is -2.22. The molecule has 1 amide bonds. The maximum atomic E-state index is 12.8. The van der Waals surface area contributed by atoms with Crippen LogP contribution in [0.1, 0.15) is 64.8 Å². The van der Waals surface area contributed by atoms with E-state index in [1.54, 1.807) is 6.07 Å². The lowest BCUT2D eigenvalue weighted by molar-refractivity contribution is 0.0950. The summed E-state index contributed by atoms with van der Waals surface area (Å²) in [5, 5.41) is 4.05. The molecule has 6 heteroatoms. The Morgan fingerprint density at radius 3 is 2.57 bits per heavy atom. The zero-order valence-corrected chi connectivity index (χ0v) is 18.2. The van der Waals surface area contributed by atoms with Crippen LogP contribution in [0.3, 0.4) is 0 Å². The highest BCUT2D eigenvalue weighted by Gasteiger charge is 2.19. The van der Waals surface area contributed by atoms with Gasteiger partial charge in [-0.25, -0.2) is 0 Å². The van der Waals surface area contributed by atoms with Gasteiger partial charge in [0, 0.05) is 38.5 Å². The Morgan fingerprint density at radius 1 is 1.18 bits per heavy atom. The first-order valence-electron chi connectivity index (χ1n) is 9.79. The van der Waals surface area contributed by atoms with Gasteiger partial charge in [0.05, 0.1) is 0 Å². The molecule has 0 aliphatic heterocycles. The number of rotatable bonds is 5. The van der Waals surface area contributed by atoms with E-state index in [-0.39, 0.29) is 18.0 Å². The normalized spacial score (nSPS) is 14.9. The third-order valence-corrected chi connectivity index (χ3v) is 7.04. The van der Waals surface area contributed by atoms with E-state index in [1.807, 2.05) is 44.7 Å². The summed E-state index contributed by atoms with van der Waals surface area (Å²) in [5.41, 5.74) is 3.63. The maximum Gasteiger partial charge on any atom is 0.253 e. The predicted octanol–water partition coefficient (Wildman–Crippen LogP) is 5.31. The minimum absolute atomic E-state index is 0.158. The summed E-state index contributed by atoms with van der Waals surface area (Å²) in [4.78, 5) is 28.9. The molecule has 2 aromatic rings. The Kier molecular flexibility index (Phi) is 6.89. The summed E-state index contributed by atoms with van der Waals surface area (Å²) in [6.45, 7) is 5.89. The van der Waals surface area contributed by atoms with Crippen LogP contribution in [0.15, 0.2) is 27.9 Å². The van der Waals surface area contributed by atoms with Crippen molar-refractivity contribution >= 4 is 29.3 Å². The average Bonchev–Trinajstić information content (AvgIpc) is 2.64. The molecule has 1 aliphatic carbocycles. The van der Waals surface area contributed by atoms with Crippen molar-refractivity contribution < 1.29 is 4.79 Å². The number of thioether (sulfide) groups is 1. The highest BCUT2D eigenvalue weighted by Crippen LogP contribution is 2.37. The summed E-state index contributed by atoms with van der Waals surface area (Å²) in [6, 6.07) is 5.58. The van der Waals surface area contributed by atoms with Gasteiger partial charge in [-0.15, -0.1) is 11.8 Å². The Hall–Kier alpha value is -1.72. The van der Waals surface area contributed by atoms with Crippen molar-refractivity contribution in [2.75, 3.05) is 0 Å². The van der Waals surface area contributed by atoms with Gasteiger partial charge >= 0.3 is 0 Å². The molecule has 4 nitrogen and oxygen atoms in total. The van der Waals surface area contributed by atoms with E-state index in [1.165, 1.54) is 32.1 Å². The fourth-order valence-corrected chi connectivity index (χ4v) is 5.43. The molecule has 0 radical (unpaired) electrons. The molecular weight excluding hydrogens is 392 g/mol. The van der Waals surface area contributed by atoms with E-state index in [0.717, 1.165) is 21.7 Å². The van der Waals surface area contributed by atoms with Crippen molar-refractivity contribution in [3.63, 3.8) is 0 Å². The van der Waals surface area contributed by atoms with Crippen LogP contribution in [0.25, 0.3) is 0 Å². The number of carbonyl (C=O) groups excluding carboxylic acids is 1. The number of H-pyrrole nitrogens is 1. The monoisotopic (exact) mass is 418 g/mol.